The van der Waals surface area contributed by atoms with Crippen molar-refractivity contribution in [2.45, 2.75) is 27.3 Å². The Morgan fingerprint density at radius 2 is 1.81 bits per heavy atom. The summed E-state index contributed by atoms with van der Waals surface area (Å²) in [5.41, 5.74) is 2.09. The molecule has 21 heavy (non-hydrogen) atoms. The summed E-state index contributed by atoms with van der Waals surface area (Å²) >= 11 is 5.75. The van der Waals surface area contributed by atoms with E-state index in [1.165, 1.54) is 12.1 Å². The van der Waals surface area contributed by atoms with Crippen LogP contribution in [0.1, 0.15) is 25.0 Å². The third-order valence-corrected chi connectivity index (χ3v) is 2.83. The first-order valence-electron chi connectivity index (χ1n) is 6.66. The minimum atomic E-state index is -0.485. The molecule has 0 bridgehead atoms. The summed E-state index contributed by atoms with van der Waals surface area (Å²) in [5, 5.41) is 14.0. The van der Waals surface area contributed by atoms with E-state index in [4.69, 9.17) is 11.6 Å². The Morgan fingerprint density at radius 3 is 2.38 bits per heavy atom. The minimum absolute atomic E-state index is 0.0866. The third-order valence-electron chi connectivity index (χ3n) is 2.62. The zero-order valence-electron chi connectivity index (χ0n) is 12.3. The number of hydrogen-bond acceptors (Lipinski definition) is 4. The molecular formula is C15H18ClN3O2. The molecule has 0 aliphatic carbocycles. The molecule has 1 N–H and O–H groups in total. The number of aryl methyl sites for hydroxylation is 1. The molecule has 0 saturated carbocycles. The van der Waals surface area contributed by atoms with Crippen molar-refractivity contribution in [3.8, 4) is 0 Å². The molecule has 2 rings (SSSR count). The predicted molar refractivity (Wildman–Crippen MR) is 85.8 cm³/mol. The Labute approximate surface area is 129 Å². The molecule has 2 aromatic rings. The largest absolute Gasteiger partial charge is 0.360 e. The van der Waals surface area contributed by atoms with Gasteiger partial charge in [0, 0.05) is 12.6 Å². The second-order valence-electron chi connectivity index (χ2n) is 4.10. The van der Waals surface area contributed by atoms with E-state index < -0.39 is 4.92 Å². The molecule has 112 valence electrons. The summed E-state index contributed by atoms with van der Waals surface area (Å²) in [6.45, 7) is 6.45. The van der Waals surface area contributed by atoms with Crippen LogP contribution in [0.25, 0.3) is 0 Å². The van der Waals surface area contributed by atoms with E-state index in [0.29, 0.717) is 6.54 Å². The average Bonchev–Trinajstić information content (AvgIpc) is 2.48. The van der Waals surface area contributed by atoms with Gasteiger partial charge in [0.05, 0.1) is 4.92 Å². The maximum atomic E-state index is 10.9. The van der Waals surface area contributed by atoms with Crippen molar-refractivity contribution in [2.24, 2.45) is 0 Å². The van der Waals surface area contributed by atoms with Crippen molar-refractivity contribution >= 4 is 23.1 Å². The van der Waals surface area contributed by atoms with Crippen LogP contribution >= 0.6 is 11.6 Å². The minimum Gasteiger partial charge on any atom is -0.360 e. The zero-order valence-corrected chi connectivity index (χ0v) is 13.0. The number of benzene rings is 1. The fourth-order valence-electron chi connectivity index (χ4n) is 1.60. The smallest absolute Gasteiger partial charge is 0.311 e. The highest BCUT2D eigenvalue weighted by Crippen LogP contribution is 2.24. The van der Waals surface area contributed by atoms with Crippen LogP contribution < -0.4 is 5.32 Å². The predicted octanol–water partition coefficient (Wildman–Crippen LogP) is 4.59. The third kappa shape index (κ3) is 5.04. The summed E-state index contributed by atoms with van der Waals surface area (Å²) in [5.74, 6) is 0.179. The maximum absolute atomic E-state index is 10.9. The van der Waals surface area contributed by atoms with Gasteiger partial charge in [-0.3, -0.25) is 10.1 Å². The Balaban J connectivity index is 0.00000106. The van der Waals surface area contributed by atoms with E-state index in [-0.39, 0.29) is 16.7 Å². The standard InChI is InChI=1S/C13H12ClN3O2.C2H6/c1-9-2-4-10(5-3-9)8-15-13-11(17(18)19)6-7-12(14)16-13;1-2/h2-7H,8H2,1H3,(H,15,16);1-2H3. The van der Waals surface area contributed by atoms with Gasteiger partial charge < -0.3 is 5.32 Å². The number of aromatic nitrogens is 1. The highest BCUT2D eigenvalue weighted by molar-refractivity contribution is 6.29. The van der Waals surface area contributed by atoms with Crippen LogP contribution in [0.4, 0.5) is 11.5 Å². The summed E-state index contributed by atoms with van der Waals surface area (Å²) in [4.78, 5) is 14.3. The van der Waals surface area contributed by atoms with Gasteiger partial charge in [0.2, 0.25) is 5.82 Å². The summed E-state index contributed by atoms with van der Waals surface area (Å²) in [7, 11) is 0. The first-order chi connectivity index (χ1) is 10.1. The van der Waals surface area contributed by atoms with Crippen molar-refractivity contribution in [1.82, 2.24) is 4.98 Å². The molecule has 1 aromatic carbocycles. The highest BCUT2D eigenvalue weighted by atomic mass is 35.5. The topological polar surface area (TPSA) is 68.1 Å². The normalized spacial score (nSPS) is 9.52. The molecule has 0 aliphatic rings. The quantitative estimate of drug-likeness (QED) is 0.509. The van der Waals surface area contributed by atoms with Crippen LogP contribution in [0.3, 0.4) is 0 Å². The lowest BCUT2D eigenvalue weighted by molar-refractivity contribution is -0.384. The summed E-state index contributed by atoms with van der Waals surface area (Å²) in [6.07, 6.45) is 0. The van der Waals surface area contributed by atoms with Crippen LogP contribution in [0, 0.1) is 17.0 Å². The van der Waals surface area contributed by atoms with Crippen LogP contribution in [-0.2, 0) is 6.54 Å². The van der Waals surface area contributed by atoms with Gasteiger partial charge >= 0.3 is 5.69 Å². The van der Waals surface area contributed by atoms with Crippen LogP contribution in [0.15, 0.2) is 36.4 Å². The zero-order chi connectivity index (χ0) is 15.8. The van der Waals surface area contributed by atoms with Gasteiger partial charge in [0.25, 0.3) is 0 Å². The fraction of sp³-hybridized carbons (Fsp3) is 0.267. The van der Waals surface area contributed by atoms with Crippen molar-refractivity contribution in [1.29, 1.82) is 0 Å². The monoisotopic (exact) mass is 307 g/mol. The SMILES string of the molecule is CC.Cc1ccc(CNc2nc(Cl)ccc2[N+](=O)[O-])cc1. The molecule has 0 saturated heterocycles. The number of halogens is 1. The molecule has 1 aromatic heterocycles. The van der Waals surface area contributed by atoms with Gasteiger partial charge in [0.15, 0.2) is 0 Å². The Bertz CT molecular complexity index is 600. The molecule has 0 unspecified atom stereocenters. The Hall–Kier alpha value is -2.14. The number of anilines is 1. The molecular weight excluding hydrogens is 290 g/mol. The Morgan fingerprint density at radius 1 is 1.19 bits per heavy atom. The highest BCUT2D eigenvalue weighted by Gasteiger charge is 2.15. The molecule has 0 amide bonds. The van der Waals surface area contributed by atoms with E-state index in [1.807, 2.05) is 45.0 Å². The lowest BCUT2D eigenvalue weighted by Gasteiger charge is -2.07. The van der Waals surface area contributed by atoms with Gasteiger partial charge in [-0.1, -0.05) is 55.3 Å². The molecule has 0 aliphatic heterocycles. The van der Waals surface area contributed by atoms with Crippen molar-refractivity contribution in [2.75, 3.05) is 5.32 Å². The van der Waals surface area contributed by atoms with Gasteiger partial charge in [-0.25, -0.2) is 4.98 Å². The first-order valence-corrected chi connectivity index (χ1v) is 7.04. The van der Waals surface area contributed by atoms with Crippen LogP contribution in [0.2, 0.25) is 5.15 Å². The van der Waals surface area contributed by atoms with E-state index in [9.17, 15) is 10.1 Å². The van der Waals surface area contributed by atoms with Gasteiger partial charge in [0.1, 0.15) is 5.15 Å². The molecule has 0 fully saturated rings. The fourth-order valence-corrected chi connectivity index (χ4v) is 1.74. The summed E-state index contributed by atoms with van der Waals surface area (Å²) < 4.78 is 0. The van der Waals surface area contributed by atoms with E-state index >= 15 is 0 Å². The number of nitrogens with zero attached hydrogens (tertiary/aromatic N) is 2. The van der Waals surface area contributed by atoms with Crippen LogP contribution in [-0.4, -0.2) is 9.91 Å². The van der Waals surface area contributed by atoms with Crippen molar-refractivity contribution in [3.63, 3.8) is 0 Å². The van der Waals surface area contributed by atoms with E-state index in [0.717, 1.165) is 11.1 Å². The second kappa shape index (κ2) is 8.21. The maximum Gasteiger partial charge on any atom is 0.311 e. The molecule has 5 nitrogen and oxygen atoms in total. The average molecular weight is 308 g/mol. The number of nitro groups is 1. The molecule has 0 radical (unpaired) electrons. The number of hydrogen-bond donors (Lipinski definition) is 1. The Kier molecular flexibility index (Phi) is 6.62. The van der Waals surface area contributed by atoms with Gasteiger partial charge in [-0.05, 0) is 18.6 Å². The van der Waals surface area contributed by atoms with E-state index in [2.05, 4.69) is 10.3 Å². The molecule has 0 atom stereocenters. The second-order valence-corrected chi connectivity index (χ2v) is 4.49. The molecule has 0 spiro atoms. The number of rotatable bonds is 4. The van der Waals surface area contributed by atoms with Gasteiger partial charge in [-0.15, -0.1) is 0 Å². The first kappa shape index (κ1) is 16.9. The van der Waals surface area contributed by atoms with Crippen molar-refractivity contribution in [3.05, 3.63) is 62.8 Å². The lowest BCUT2D eigenvalue weighted by atomic mass is 10.1. The van der Waals surface area contributed by atoms with Crippen LogP contribution in [0.5, 0.6) is 0 Å². The molecule has 6 heteroatoms. The van der Waals surface area contributed by atoms with Crippen molar-refractivity contribution < 1.29 is 4.92 Å². The van der Waals surface area contributed by atoms with E-state index in [1.54, 1.807) is 0 Å². The lowest BCUT2D eigenvalue weighted by Crippen LogP contribution is -2.04. The summed E-state index contributed by atoms with van der Waals surface area (Å²) in [6, 6.07) is 10.6. The number of nitrogens with one attached hydrogen (secondary N) is 1. The number of pyridine rings is 1. The van der Waals surface area contributed by atoms with Gasteiger partial charge in [-0.2, -0.15) is 0 Å². The molecule has 1 heterocycles.